The lowest BCUT2D eigenvalue weighted by Crippen LogP contribution is -2.50. The summed E-state index contributed by atoms with van der Waals surface area (Å²) in [7, 11) is 0. The van der Waals surface area contributed by atoms with Crippen LogP contribution in [0.1, 0.15) is 20.8 Å². The van der Waals surface area contributed by atoms with Crippen molar-refractivity contribution in [2.45, 2.75) is 39.1 Å². The van der Waals surface area contributed by atoms with Crippen LogP contribution >= 0.6 is 0 Å². The fraction of sp³-hybridized carbons (Fsp3) is 0.545. The number of hydrogen-bond acceptors (Lipinski definition) is 9. The van der Waals surface area contributed by atoms with E-state index in [4.69, 9.17) is 18.9 Å². The number of nitro groups is 1. The minimum atomic E-state index is -2.21. The van der Waals surface area contributed by atoms with Crippen LogP contribution in [-0.4, -0.2) is 41.1 Å². The van der Waals surface area contributed by atoms with E-state index < -0.39 is 41.1 Å². The van der Waals surface area contributed by atoms with E-state index in [0.717, 1.165) is 32.9 Å². The maximum atomic E-state index is 11.2. The summed E-state index contributed by atoms with van der Waals surface area (Å²) in [6.45, 7) is 3.04. The van der Waals surface area contributed by atoms with Gasteiger partial charge in [0.1, 0.15) is 0 Å². The molecular formula is C11H13NO9. The highest BCUT2D eigenvalue weighted by atomic mass is 16.8. The molecule has 0 aromatic heterocycles. The van der Waals surface area contributed by atoms with Gasteiger partial charge in [-0.15, -0.1) is 0 Å². The standard InChI is InChI=1S/C11H13NO9/c1-6(13)18-10(19-7(2)14)11(20-8(3)15)5-4-9(21-11)12(16)17/h4-5,9-10H,1-3H3/t9-,11-/m0/s1. The average Bonchev–Trinajstić information content (AvgIpc) is 2.71. The Kier molecular flexibility index (Phi) is 4.97. The molecule has 1 rings (SSSR count). The summed E-state index contributed by atoms with van der Waals surface area (Å²) in [5.74, 6) is -4.82. The quantitative estimate of drug-likeness (QED) is 0.224. The zero-order valence-corrected chi connectivity index (χ0v) is 11.4. The van der Waals surface area contributed by atoms with Gasteiger partial charge >= 0.3 is 36.2 Å². The summed E-state index contributed by atoms with van der Waals surface area (Å²) in [5.41, 5.74) is 0. The molecule has 21 heavy (non-hydrogen) atoms. The highest BCUT2D eigenvalue weighted by Gasteiger charge is 2.54. The normalized spacial score (nSPS) is 23.7. The first-order chi connectivity index (χ1) is 9.66. The topological polar surface area (TPSA) is 131 Å². The molecule has 0 N–H and O–H groups in total. The largest absolute Gasteiger partial charge is 0.421 e. The molecule has 2 atom stereocenters. The van der Waals surface area contributed by atoms with Gasteiger partial charge in [-0.2, -0.15) is 0 Å². The Bertz CT molecular complexity index is 484. The second-order valence-corrected chi connectivity index (χ2v) is 4.02. The van der Waals surface area contributed by atoms with Crippen molar-refractivity contribution >= 4 is 17.9 Å². The lowest BCUT2D eigenvalue weighted by molar-refractivity contribution is -0.574. The number of rotatable bonds is 5. The zero-order valence-electron chi connectivity index (χ0n) is 11.4. The van der Waals surface area contributed by atoms with Gasteiger partial charge < -0.3 is 14.2 Å². The van der Waals surface area contributed by atoms with Crippen molar-refractivity contribution in [2.24, 2.45) is 0 Å². The molecule has 0 saturated heterocycles. The molecular weight excluding hydrogens is 290 g/mol. The van der Waals surface area contributed by atoms with Crippen LogP contribution in [0.5, 0.6) is 0 Å². The lowest BCUT2D eigenvalue weighted by atomic mass is 10.2. The predicted molar refractivity (Wildman–Crippen MR) is 62.8 cm³/mol. The van der Waals surface area contributed by atoms with Gasteiger partial charge in [-0.3, -0.25) is 29.2 Å². The van der Waals surface area contributed by atoms with Crippen LogP contribution < -0.4 is 0 Å². The third kappa shape index (κ3) is 4.24. The van der Waals surface area contributed by atoms with Gasteiger partial charge in [0.2, 0.25) is 0 Å². The Morgan fingerprint density at radius 1 is 1.19 bits per heavy atom. The van der Waals surface area contributed by atoms with Crippen LogP contribution in [0.25, 0.3) is 0 Å². The molecule has 116 valence electrons. The van der Waals surface area contributed by atoms with E-state index in [1.54, 1.807) is 0 Å². The van der Waals surface area contributed by atoms with Crippen molar-refractivity contribution in [2.75, 3.05) is 0 Å². The summed E-state index contributed by atoms with van der Waals surface area (Å²) in [6, 6.07) is 0. The maximum Gasteiger partial charge on any atom is 0.339 e. The summed E-state index contributed by atoms with van der Waals surface area (Å²) in [6.07, 6.45) is -1.49. The van der Waals surface area contributed by atoms with E-state index in [1.165, 1.54) is 0 Å². The first kappa shape index (κ1) is 16.6. The minimum absolute atomic E-state index is 0.805. The molecule has 0 unspecified atom stereocenters. The molecule has 0 aliphatic carbocycles. The number of hydrogen-bond donors (Lipinski definition) is 0. The van der Waals surface area contributed by atoms with Crippen molar-refractivity contribution < 1.29 is 38.3 Å². The molecule has 0 aromatic rings. The lowest BCUT2D eigenvalue weighted by Gasteiger charge is -2.32. The molecule has 0 spiro atoms. The number of esters is 3. The van der Waals surface area contributed by atoms with E-state index in [0.29, 0.717) is 0 Å². The monoisotopic (exact) mass is 303 g/mol. The van der Waals surface area contributed by atoms with Crippen LogP contribution in [-0.2, 0) is 33.3 Å². The number of carbonyl (C=O) groups excluding carboxylic acids is 3. The third-order valence-electron chi connectivity index (χ3n) is 2.18. The van der Waals surface area contributed by atoms with Gasteiger partial charge in [-0.05, 0) is 0 Å². The van der Waals surface area contributed by atoms with Crippen LogP contribution in [0.4, 0.5) is 0 Å². The van der Waals surface area contributed by atoms with Gasteiger partial charge in [-0.25, -0.2) is 0 Å². The molecule has 10 nitrogen and oxygen atoms in total. The maximum absolute atomic E-state index is 11.2. The number of carbonyl (C=O) groups is 3. The Morgan fingerprint density at radius 3 is 2.05 bits per heavy atom. The number of ether oxygens (including phenoxy) is 4. The fourth-order valence-corrected chi connectivity index (χ4v) is 1.55. The molecule has 1 heterocycles. The highest BCUT2D eigenvalue weighted by molar-refractivity contribution is 5.69. The predicted octanol–water partition coefficient (Wildman–Crippen LogP) is -0.113. The van der Waals surface area contributed by atoms with Crippen molar-refractivity contribution in [1.29, 1.82) is 0 Å². The number of nitrogens with zero attached hydrogens (tertiary/aromatic N) is 1. The smallest absolute Gasteiger partial charge is 0.339 e. The Balaban J connectivity index is 3.11. The second kappa shape index (κ2) is 6.31. The molecule has 0 saturated carbocycles. The van der Waals surface area contributed by atoms with Crippen LogP contribution in [0.15, 0.2) is 12.2 Å². The van der Waals surface area contributed by atoms with Gasteiger partial charge in [0.15, 0.2) is 0 Å². The SMILES string of the molecule is CC(=O)OC(OC(C)=O)[C@]1(OC(C)=O)C=C[C@@H]([N+](=O)[O-])O1. The Labute approximate surface area is 118 Å². The minimum Gasteiger partial charge on any atom is -0.421 e. The molecule has 0 aromatic carbocycles. The van der Waals surface area contributed by atoms with Gasteiger partial charge in [0.05, 0.1) is 4.92 Å². The van der Waals surface area contributed by atoms with Crippen LogP contribution in [0.2, 0.25) is 0 Å². The van der Waals surface area contributed by atoms with E-state index in [2.05, 4.69) is 0 Å². The Morgan fingerprint density at radius 2 is 1.71 bits per heavy atom. The highest BCUT2D eigenvalue weighted by Crippen LogP contribution is 2.32. The van der Waals surface area contributed by atoms with Gasteiger partial charge in [0.25, 0.3) is 0 Å². The molecule has 0 bridgehead atoms. The summed E-state index contributed by atoms with van der Waals surface area (Å²) < 4.78 is 19.3. The first-order valence-electron chi connectivity index (χ1n) is 5.71. The van der Waals surface area contributed by atoms with Crippen LogP contribution in [0.3, 0.4) is 0 Å². The molecule has 0 radical (unpaired) electrons. The van der Waals surface area contributed by atoms with Crippen molar-refractivity contribution in [3.63, 3.8) is 0 Å². The molecule has 10 heteroatoms. The summed E-state index contributed by atoms with van der Waals surface area (Å²) in [4.78, 5) is 43.2. The van der Waals surface area contributed by atoms with Gasteiger partial charge in [-0.1, -0.05) is 0 Å². The first-order valence-corrected chi connectivity index (χ1v) is 5.71. The van der Waals surface area contributed by atoms with E-state index >= 15 is 0 Å². The average molecular weight is 303 g/mol. The molecule has 0 amide bonds. The van der Waals surface area contributed by atoms with E-state index in [9.17, 15) is 24.5 Å². The van der Waals surface area contributed by atoms with Gasteiger partial charge in [0, 0.05) is 32.9 Å². The summed E-state index contributed by atoms with van der Waals surface area (Å²) >= 11 is 0. The van der Waals surface area contributed by atoms with Crippen LogP contribution in [0, 0.1) is 10.1 Å². The Hall–Kier alpha value is -2.49. The van der Waals surface area contributed by atoms with Crippen molar-refractivity contribution in [3.8, 4) is 0 Å². The van der Waals surface area contributed by atoms with E-state index in [1.807, 2.05) is 0 Å². The van der Waals surface area contributed by atoms with Crippen molar-refractivity contribution in [1.82, 2.24) is 0 Å². The third-order valence-corrected chi connectivity index (χ3v) is 2.18. The second-order valence-electron chi connectivity index (χ2n) is 4.02. The fourth-order valence-electron chi connectivity index (χ4n) is 1.55. The van der Waals surface area contributed by atoms with E-state index in [-0.39, 0.29) is 0 Å². The summed E-state index contributed by atoms with van der Waals surface area (Å²) in [5, 5.41) is 10.7. The molecule has 0 fully saturated rings. The van der Waals surface area contributed by atoms with Crippen molar-refractivity contribution in [3.05, 3.63) is 22.3 Å². The molecule has 1 aliphatic heterocycles. The zero-order chi connectivity index (χ0) is 16.2. The molecule has 1 aliphatic rings.